The molecule has 1 rings (SSSR count). The zero-order valence-corrected chi connectivity index (χ0v) is 13.2. The summed E-state index contributed by atoms with van der Waals surface area (Å²) in [6.45, 7) is 6.72. The second kappa shape index (κ2) is 8.73. The fourth-order valence-corrected chi connectivity index (χ4v) is 3.41. The molecule has 0 fully saturated rings. The standard InChI is InChI=1S/C14H24N2S2/c1-4-6-12(9-18-15)11(3)7-8-13-14(5-2)17-10-16-13/h9-11H,4-8,15H2,1-3H3/b12-9+. The Morgan fingerprint density at radius 3 is 2.94 bits per heavy atom. The van der Waals surface area contributed by atoms with Crippen LogP contribution in [-0.2, 0) is 12.8 Å². The van der Waals surface area contributed by atoms with Gasteiger partial charge in [0.2, 0.25) is 0 Å². The lowest BCUT2D eigenvalue weighted by Gasteiger charge is -2.15. The van der Waals surface area contributed by atoms with Crippen LogP contribution in [0.5, 0.6) is 0 Å². The molecule has 1 heterocycles. The third-order valence-electron chi connectivity index (χ3n) is 3.25. The third-order valence-corrected chi connectivity index (χ3v) is 4.71. The van der Waals surface area contributed by atoms with Crippen molar-refractivity contribution in [3.63, 3.8) is 0 Å². The van der Waals surface area contributed by atoms with E-state index in [0.717, 1.165) is 19.3 Å². The molecule has 0 spiro atoms. The van der Waals surface area contributed by atoms with Gasteiger partial charge in [0.1, 0.15) is 0 Å². The molecule has 0 aliphatic rings. The van der Waals surface area contributed by atoms with Crippen LogP contribution >= 0.6 is 23.3 Å². The van der Waals surface area contributed by atoms with Gasteiger partial charge < -0.3 is 0 Å². The molecule has 1 atom stereocenters. The Morgan fingerprint density at radius 2 is 2.33 bits per heavy atom. The molecule has 4 heteroatoms. The molecular formula is C14H24N2S2. The highest BCUT2D eigenvalue weighted by Crippen LogP contribution is 2.24. The van der Waals surface area contributed by atoms with Gasteiger partial charge in [0.25, 0.3) is 0 Å². The summed E-state index contributed by atoms with van der Waals surface area (Å²) < 4.78 is 0. The predicted octanol–water partition coefficient (Wildman–Crippen LogP) is 4.57. The van der Waals surface area contributed by atoms with Crippen molar-refractivity contribution in [3.05, 3.63) is 27.1 Å². The van der Waals surface area contributed by atoms with Gasteiger partial charge in [0, 0.05) is 4.88 Å². The van der Waals surface area contributed by atoms with E-state index in [2.05, 4.69) is 31.2 Å². The van der Waals surface area contributed by atoms with Gasteiger partial charge >= 0.3 is 0 Å². The summed E-state index contributed by atoms with van der Waals surface area (Å²) in [5, 5.41) is 7.68. The number of nitrogens with two attached hydrogens (primary N) is 1. The quantitative estimate of drug-likeness (QED) is 0.711. The number of hydrogen-bond donors (Lipinski definition) is 1. The molecule has 2 N–H and O–H groups in total. The third kappa shape index (κ3) is 4.75. The van der Waals surface area contributed by atoms with E-state index in [-0.39, 0.29) is 0 Å². The minimum Gasteiger partial charge on any atom is -0.274 e. The van der Waals surface area contributed by atoms with Crippen molar-refractivity contribution in [2.45, 2.75) is 52.9 Å². The van der Waals surface area contributed by atoms with Crippen LogP contribution < -0.4 is 5.14 Å². The second-order valence-corrected chi connectivity index (χ2v) is 6.04. The van der Waals surface area contributed by atoms with Gasteiger partial charge in [-0.15, -0.1) is 11.3 Å². The molecule has 0 aliphatic carbocycles. The van der Waals surface area contributed by atoms with Crippen LogP contribution in [0.4, 0.5) is 0 Å². The molecule has 102 valence electrons. The summed E-state index contributed by atoms with van der Waals surface area (Å²) in [5.41, 5.74) is 4.75. The smallest absolute Gasteiger partial charge is 0.0797 e. The summed E-state index contributed by atoms with van der Waals surface area (Å²) in [6, 6.07) is 0. The minimum absolute atomic E-state index is 0.604. The molecule has 1 aromatic heterocycles. The largest absolute Gasteiger partial charge is 0.274 e. The fourth-order valence-electron chi connectivity index (χ4n) is 2.12. The summed E-state index contributed by atoms with van der Waals surface area (Å²) in [6.07, 6.45) is 5.70. The number of thiazole rings is 1. The molecule has 2 nitrogen and oxygen atoms in total. The monoisotopic (exact) mass is 284 g/mol. The topological polar surface area (TPSA) is 38.9 Å². The highest BCUT2D eigenvalue weighted by Gasteiger charge is 2.11. The second-order valence-electron chi connectivity index (χ2n) is 4.59. The predicted molar refractivity (Wildman–Crippen MR) is 83.7 cm³/mol. The number of aromatic nitrogens is 1. The Balaban J connectivity index is 2.53. The van der Waals surface area contributed by atoms with E-state index in [4.69, 9.17) is 5.14 Å². The number of nitrogens with zero attached hydrogens (tertiary/aromatic N) is 1. The molecule has 1 aromatic rings. The van der Waals surface area contributed by atoms with Crippen LogP contribution in [0, 0.1) is 5.92 Å². The number of allylic oxidation sites excluding steroid dienone is 1. The zero-order chi connectivity index (χ0) is 13.4. The van der Waals surface area contributed by atoms with Crippen LogP contribution in [0.15, 0.2) is 16.5 Å². The van der Waals surface area contributed by atoms with Crippen LogP contribution in [-0.4, -0.2) is 4.98 Å². The Labute approximate surface area is 119 Å². The normalized spacial score (nSPS) is 13.9. The molecule has 1 unspecified atom stereocenters. The average molecular weight is 284 g/mol. The first-order chi connectivity index (χ1) is 8.72. The Kier molecular flexibility index (Phi) is 7.63. The van der Waals surface area contributed by atoms with Gasteiger partial charge in [-0.1, -0.05) is 44.7 Å². The Hall–Kier alpha value is -0.320. The zero-order valence-electron chi connectivity index (χ0n) is 11.6. The molecule has 0 saturated carbocycles. The molecule has 18 heavy (non-hydrogen) atoms. The van der Waals surface area contributed by atoms with Crippen molar-refractivity contribution in [2.24, 2.45) is 11.1 Å². The van der Waals surface area contributed by atoms with E-state index in [9.17, 15) is 0 Å². The maximum atomic E-state index is 5.56. The molecule has 0 bridgehead atoms. The maximum Gasteiger partial charge on any atom is 0.0797 e. The summed E-state index contributed by atoms with van der Waals surface area (Å²) >= 11 is 3.11. The molecule has 0 saturated heterocycles. The van der Waals surface area contributed by atoms with Crippen LogP contribution in [0.2, 0.25) is 0 Å². The van der Waals surface area contributed by atoms with Crippen LogP contribution in [0.25, 0.3) is 0 Å². The minimum atomic E-state index is 0.604. The van der Waals surface area contributed by atoms with Crippen LogP contribution in [0.1, 0.15) is 50.6 Å². The molecular weight excluding hydrogens is 260 g/mol. The van der Waals surface area contributed by atoms with Gasteiger partial charge in [-0.05, 0) is 37.0 Å². The lowest BCUT2D eigenvalue weighted by atomic mass is 9.93. The van der Waals surface area contributed by atoms with Crippen molar-refractivity contribution in [3.8, 4) is 0 Å². The SMILES string of the molecule is CCC/C(=C\SN)C(C)CCc1ncsc1CC. The van der Waals surface area contributed by atoms with Gasteiger partial charge in [0.05, 0.1) is 11.2 Å². The van der Waals surface area contributed by atoms with Crippen molar-refractivity contribution >= 4 is 23.3 Å². The van der Waals surface area contributed by atoms with E-state index >= 15 is 0 Å². The fraction of sp³-hybridized carbons (Fsp3) is 0.643. The Bertz CT molecular complexity index is 372. The van der Waals surface area contributed by atoms with E-state index in [0.29, 0.717) is 5.92 Å². The van der Waals surface area contributed by atoms with E-state index in [1.54, 1.807) is 11.3 Å². The van der Waals surface area contributed by atoms with Crippen molar-refractivity contribution < 1.29 is 0 Å². The van der Waals surface area contributed by atoms with Gasteiger partial charge in [-0.2, -0.15) is 0 Å². The van der Waals surface area contributed by atoms with E-state index < -0.39 is 0 Å². The molecule has 0 aliphatic heterocycles. The van der Waals surface area contributed by atoms with Gasteiger partial charge in [0.15, 0.2) is 0 Å². The van der Waals surface area contributed by atoms with E-state index in [1.807, 2.05) is 5.51 Å². The first-order valence-corrected chi connectivity index (χ1v) is 8.50. The summed E-state index contributed by atoms with van der Waals surface area (Å²) in [4.78, 5) is 5.92. The summed E-state index contributed by atoms with van der Waals surface area (Å²) in [5.74, 6) is 0.604. The summed E-state index contributed by atoms with van der Waals surface area (Å²) in [7, 11) is 0. The van der Waals surface area contributed by atoms with Crippen molar-refractivity contribution in [1.82, 2.24) is 4.98 Å². The highest BCUT2D eigenvalue weighted by atomic mass is 32.2. The average Bonchev–Trinajstić information content (AvgIpc) is 2.83. The molecule has 0 radical (unpaired) electrons. The lowest BCUT2D eigenvalue weighted by molar-refractivity contribution is 0.581. The first-order valence-electron chi connectivity index (χ1n) is 6.68. The van der Waals surface area contributed by atoms with E-state index in [1.165, 1.54) is 40.9 Å². The highest BCUT2D eigenvalue weighted by molar-refractivity contribution is 8.00. The number of rotatable bonds is 8. The molecule has 0 aromatic carbocycles. The van der Waals surface area contributed by atoms with Gasteiger partial charge in [-0.25, -0.2) is 4.98 Å². The first kappa shape index (κ1) is 15.7. The van der Waals surface area contributed by atoms with Crippen LogP contribution in [0.3, 0.4) is 0 Å². The lowest BCUT2D eigenvalue weighted by Crippen LogP contribution is -2.03. The Morgan fingerprint density at radius 1 is 1.56 bits per heavy atom. The number of aryl methyl sites for hydroxylation is 2. The number of hydrogen-bond acceptors (Lipinski definition) is 4. The van der Waals surface area contributed by atoms with Crippen molar-refractivity contribution in [1.29, 1.82) is 0 Å². The molecule has 0 amide bonds. The maximum absolute atomic E-state index is 5.56. The van der Waals surface area contributed by atoms with Crippen molar-refractivity contribution in [2.75, 3.05) is 0 Å². The van der Waals surface area contributed by atoms with Gasteiger partial charge in [-0.3, -0.25) is 5.14 Å².